The Morgan fingerprint density at radius 1 is 1.14 bits per heavy atom. The van der Waals surface area contributed by atoms with Crippen molar-refractivity contribution in [1.82, 2.24) is 4.90 Å². The van der Waals surface area contributed by atoms with Gasteiger partial charge in [-0.25, -0.2) is 0 Å². The first-order chi connectivity index (χ1) is 13.9. The summed E-state index contributed by atoms with van der Waals surface area (Å²) in [5.74, 6) is -0.892. The lowest BCUT2D eigenvalue weighted by atomic mass is 10.0. The number of hydrogen-bond donors (Lipinski definition) is 1. The summed E-state index contributed by atoms with van der Waals surface area (Å²) >= 11 is 3.38. The van der Waals surface area contributed by atoms with Gasteiger partial charge >= 0.3 is 0 Å². The number of amides is 2. The van der Waals surface area contributed by atoms with Crippen LogP contribution in [0.3, 0.4) is 0 Å². The van der Waals surface area contributed by atoms with Crippen molar-refractivity contribution in [1.29, 1.82) is 0 Å². The van der Waals surface area contributed by atoms with E-state index in [0.29, 0.717) is 24.3 Å². The lowest BCUT2D eigenvalue weighted by Gasteiger charge is -2.15. The van der Waals surface area contributed by atoms with E-state index in [1.807, 2.05) is 6.07 Å². The SMILES string of the molecule is COCCCN1C(=O)C(Nc2cccc(Br)c2)=C(c2ccc([N+](=O)[O-])cc2)C1=O. The summed E-state index contributed by atoms with van der Waals surface area (Å²) in [6.45, 7) is 0.629. The molecule has 2 aromatic rings. The number of nitrogens with one attached hydrogen (secondary N) is 1. The molecule has 2 aromatic carbocycles. The van der Waals surface area contributed by atoms with Crippen molar-refractivity contribution >= 4 is 44.7 Å². The van der Waals surface area contributed by atoms with E-state index >= 15 is 0 Å². The second kappa shape index (κ2) is 8.97. The largest absolute Gasteiger partial charge is 0.385 e. The highest BCUT2D eigenvalue weighted by Gasteiger charge is 2.39. The van der Waals surface area contributed by atoms with Crippen molar-refractivity contribution in [2.24, 2.45) is 0 Å². The van der Waals surface area contributed by atoms with Gasteiger partial charge in [-0.2, -0.15) is 0 Å². The Bertz CT molecular complexity index is 988. The van der Waals surface area contributed by atoms with Crippen LogP contribution in [-0.4, -0.2) is 41.9 Å². The lowest BCUT2D eigenvalue weighted by molar-refractivity contribution is -0.384. The zero-order chi connectivity index (χ0) is 21.0. The number of ether oxygens (including phenoxy) is 1. The third-order valence-electron chi connectivity index (χ3n) is 4.36. The van der Waals surface area contributed by atoms with Crippen LogP contribution in [0.1, 0.15) is 12.0 Å². The maximum atomic E-state index is 13.0. The minimum atomic E-state index is -0.516. The van der Waals surface area contributed by atoms with E-state index in [1.54, 1.807) is 25.3 Å². The van der Waals surface area contributed by atoms with Crippen LogP contribution in [0.5, 0.6) is 0 Å². The quantitative estimate of drug-likeness (QED) is 0.280. The third-order valence-corrected chi connectivity index (χ3v) is 4.85. The minimum Gasteiger partial charge on any atom is -0.385 e. The number of hydrogen-bond acceptors (Lipinski definition) is 6. The molecule has 1 heterocycles. The van der Waals surface area contributed by atoms with Gasteiger partial charge < -0.3 is 10.1 Å². The summed E-state index contributed by atoms with van der Waals surface area (Å²) in [7, 11) is 1.55. The number of methoxy groups -OCH3 is 1. The second-order valence-electron chi connectivity index (χ2n) is 6.30. The average molecular weight is 460 g/mol. The first kappa shape index (κ1) is 20.7. The number of nitrogens with zero attached hydrogens (tertiary/aromatic N) is 2. The molecule has 29 heavy (non-hydrogen) atoms. The number of imide groups is 1. The molecule has 1 aliphatic rings. The normalized spacial score (nSPS) is 13.9. The van der Waals surface area contributed by atoms with Crippen LogP contribution in [0.25, 0.3) is 5.57 Å². The van der Waals surface area contributed by atoms with E-state index < -0.39 is 16.7 Å². The van der Waals surface area contributed by atoms with Gasteiger partial charge in [0.05, 0.1) is 10.5 Å². The first-order valence-corrected chi connectivity index (χ1v) is 9.58. The average Bonchev–Trinajstić information content (AvgIpc) is 2.92. The van der Waals surface area contributed by atoms with Gasteiger partial charge in [-0.3, -0.25) is 24.6 Å². The fourth-order valence-corrected chi connectivity index (χ4v) is 3.39. The van der Waals surface area contributed by atoms with Crippen LogP contribution in [0.4, 0.5) is 11.4 Å². The number of non-ortho nitro benzene ring substituents is 1. The molecule has 0 atom stereocenters. The molecule has 8 nitrogen and oxygen atoms in total. The van der Waals surface area contributed by atoms with Gasteiger partial charge in [-0.05, 0) is 42.3 Å². The molecule has 0 aliphatic carbocycles. The number of carbonyl (C=O) groups is 2. The van der Waals surface area contributed by atoms with Gasteiger partial charge in [-0.15, -0.1) is 0 Å². The van der Waals surface area contributed by atoms with Gasteiger partial charge in [0, 0.05) is 42.6 Å². The van der Waals surface area contributed by atoms with Crippen molar-refractivity contribution in [3.63, 3.8) is 0 Å². The van der Waals surface area contributed by atoms with Gasteiger partial charge in [0.1, 0.15) is 5.70 Å². The first-order valence-electron chi connectivity index (χ1n) is 8.79. The fourth-order valence-electron chi connectivity index (χ4n) is 2.99. The molecule has 0 bridgehead atoms. The predicted molar refractivity (Wildman–Crippen MR) is 111 cm³/mol. The van der Waals surface area contributed by atoms with Crippen molar-refractivity contribution in [2.45, 2.75) is 6.42 Å². The molecule has 0 spiro atoms. The van der Waals surface area contributed by atoms with E-state index in [9.17, 15) is 19.7 Å². The van der Waals surface area contributed by atoms with Crippen LogP contribution >= 0.6 is 15.9 Å². The maximum Gasteiger partial charge on any atom is 0.278 e. The number of nitro groups is 1. The van der Waals surface area contributed by atoms with E-state index in [4.69, 9.17) is 4.74 Å². The van der Waals surface area contributed by atoms with E-state index in [-0.39, 0.29) is 23.5 Å². The fraction of sp³-hybridized carbons (Fsp3) is 0.200. The maximum absolute atomic E-state index is 13.0. The zero-order valence-corrected chi connectivity index (χ0v) is 17.1. The Balaban J connectivity index is 2.00. The Morgan fingerprint density at radius 2 is 1.86 bits per heavy atom. The van der Waals surface area contributed by atoms with Crippen molar-refractivity contribution in [3.8, 4) is 0 Å². The summed E-state index contributed by atoms with van der Waals surface area (Å²) in [4.78, 5) is 37.6. The van der Waals surface area contributed by atoms with Gasteiger partial charge in [0.2, 0.25) is 0 Å². The number of benzene rings is 2. The molecule has 1 aliphatic heterocycles. The van der Waals surface area contributed by atoms with Crippen molar-refractivity contribution < 1.29 is 19.2 Å². The lowest BCUT2D eigenvalue weighted by Crippen LogP contribution is -2.33. The van der Waals surface area contributed by atoms with Gasteiger partial charge in [0.25, 0.3) is 17.5 Å². The molecule has 1 N–H and O–H groups in total. The van der Waals surface area contributed by atoms with E-state index in [2.05, 4.69) is 21.2 Å². The summed E-state index contributed by atoms with van der Waals surface area (Å²) in [6, 6.07) is 12.8. The summed E-state index contributed by atoms with van der Waals surface area (Å²) in [5.41, 5.74) is 1.29. The summed E-state index contributed by atoms with van der Waals surface area (Å²) < 4.78 is 5.82. The topological polar surface area (TPSA) is 102 Å². The predicted octanol–water partition coefficient (Wildman–Crippen LogP) is 3.59. The number of rotatable bonds is 8. The van der Waals surface area contributed by atoms with Crippen molar-refractivity contribution in [2.75, 3.05) is 25.6 Å². The third kappa shape index (κ3) is 4.52. The molecule has 0 unspecified atom stereocenters. The van der Waals surface area contributed by atoms with E-state index in [0.717, 1.165) is 9.37 Å². The molecular weight excluding hydrogens is 442 g/mol. The van der Waals surface area contributed by atoms with Gasteiger partial charge in [-0.1, -0.05) is 22.0 Å². The zero-order valence-electron chi connectivity index (χ0n) is 15.6. The molecule has 0 fully saturated rings. The Morgan fingerprint density at radius 3 is 2.48 bits per heavy atom. The molecular formula is C20H18BrN3O5. The van der Waals surface area contributed by atoms with Crippen LogP contribution in [-0.2, 0) is 14.3 Å². The molecule has 0 saturated carbocycles. The summed E-state index contributed by atoms with van der Waals surface area (Å²) in [5, 5.41) is 14.0. The minimum absolute atomic E-state index is 0.0930. The monoisotopic (exact) mass is 459 g/mol. The van der Waals surface area contributed by atoms with Crippen LogP contribution in [0.15, 0.2) is 58.7 Å². The van der Waals surface area contributed by atoms with Crippen molar-refractivity contribution in [3.05, 3.63) is 74.4 Å². The highest BCUT2D eigenvalue weighted by molar-refractivity contribution is 9.10. The standard InChI is InChI=1S/C20H18BrN3O5/c1-29-11-3-10-23-19(25)17(13-6-8-16(9-7-13)24(27)28)18(20(23)26)22-15-5-2-4-14(21)12-15/h2,4-9,12,22H,3,10-11H2,1H3. The number of anilines is 1. The molecule has 0 radical (unpaired) electrons. The molecule has 9 heteroatoms. The summed E-state index contributed by atoms with van der Waals surface area (Å²) in [6.07, 6.45) is 0.506. The van der Waals surface area contributed by atoms with Crippen LogP contribution in [0.2, 0.25) is 0 Å². The highest BCUT2D eigenvalue weighted by atomic mass is 79.9. The van der Waals surface area contributed by atoms with Crippen LogP contribution in [0, 0.1) is 10.1 Å². The molecule has 3 rings (SSSR count). The highest BCUT2D eigenvalue weighted by Crippen LogP contribution is 2.32. The molecule has 2 amide bonds. The Labute approximate surface area is 175 Å². The van der Waals surface area contributed by atoms with E-state index in [1.165, 1.54) is 24.3 Å². The Kier molecular flexibility index (Phi) is 6.40. The molecule has 0 aromatic heterocycles. The molecule has 0 saturated heterocycles. The molecule has 150 valence electrons. The second-order valence-corrected chi connectivity index (χ2v) is 7.21. The van der Waals surface area contributed by atoms with Crippen LogP contribution < -0.4 is 5.32 Å². The number of halogens is 1. The van der Waals surface area contributed by atoms with Gasteiger partial charge in [0.15, 0.2) is 0 Å². The number of carbonyl (C=O) groups excluding carboxylic acids is 2. The Hall–Kier alpha value is -3.04. The smallest absolute Gasteiger partial charge is 0.278 e. The number of nitro benzene ring substituents is 1.